The Hall–Kier alpha value is -4.54. The summed E-state index contributed by atoms with van der Waals surface area (Å²) in [6.07, 6.45) is 21.9. The van der Waals surface area contributed by atoms with Gasteiger partial charge in [-0.25, -0.2) is 0 Å². The number of anilines is 1. The van der Waals surface area contributed by atoms with Gasteiger partial charge in [-0.15, -0.1) is 0 Å². The molecule has 4 aromatic rings. The van der Waals surface area contributed by atoms with E-state index in [1.54, 1.807) is 0 Å². The van der Waals surface area contributed by atoms with Crippen molar-refractivity contribution in [1.82, 2.24) is 10.3 Å². The number of nitrogens with two attached hydrogens (primary N) is 1. The minimum atomic E-state index is 0.0842. The van der Waals surface area contributed by atoms with Gasteiger partial charge < -0.3 is 21.4 Å². The maximum Gasteiger partial charge on any atom is 0.106 e. The van der Waals surface area contributed by atoms with E-state index in [1.807, 2.05) is 0 Å². The van der Waals surface area contributed by atoms with Gasteiger partial charge in [0, 0.05) is 44.7 Å². The van der Waals surface area contributed by atoms with E-state index in [9.17, 15) is 0 Å². The molecule has 0 bridgehead atoms. The number of hydrogen-bond donors (Lipinski definition) is 4. The summed E-state index contributed by atoms with van der Waals surface area (Å²) in [6, 6.07) is 24.2. The smallest absolute Gasteiger partial charge is 0.106 e. The number of para-hydroxylation sites is 2. The molecule has 1 fully saturated rings. The first-order valence-electron chi connectivity index (χ1n) is 14.6. The lowest BCUT2D eigenvalue weighted by atomic mass is 9.67. The third kappa shape index (κ3) is 4.96. The van der Waals surface area contributed by atoms with Crippen molar-refractivity contribution in [3.05, 3.63) is 144 Å². The average Bonchev–Trinajstić information content (AvgIpc) is 3.37. The van der Waals surface area contributed by atoms with Crippen LogP contribution < -0.4 is 16.4 Å². The van der Waals surface area contributed by atoms with Crippen LogP contribution in [0.2, 0.25) is 0 Å². The van der Waals surface area contributed by atoms with Gasteiger partial charge >= 0.3 is 0 Å². The molecule has 3 aliphatic carbocycles. The maximum atomic E-state index is 6.76. The van der Waals surface area contributed by atoms with Gasteiger partial charge in [0.1, 0.15) is 5.82 Å². The van der Waals surface area contributed by atoms with Crippen LogP contribution >= 0.6 is 0 Å². The highest BCUT2D eigenvalue weighted by molar-refractivity contribution is 6.07. The lowest BCUT2D eigenvalue weighted by molar-refractivity contribution is 0.183. The second-order valence-electron chi connectivity index (χ2n) is 11.4. The molecule has 41 heavy (non-hydrogen) atoms. The number of aromatic nitrogens is 1. The molecule has 1 aromatic heterocycles. The Kier molecular flexibility index (Phi) is 6.69. The Balaban J connectivity index is 1.10. The highest BCUT2D eigenvalue weighted by Crippen LogP contribution is 2.39. The van der Waals surface area contributed by atoms with Gasteiger partial charge in [-0.1, -0.05) is 97.1 Å². The Labute approximate surface area is 241 Å². The normalized spacial score (nSPS) is 24.5. The summed E-state index contributed by atoms with van der Waals surface area (Å²) < 4.78 is 0. The van der Waals surface area contributed by atoms with Crippen molar-refractivity contribution in [2.45, 2.75) is 31.8 Å². The molecule has 7 rings (SSSR count). The van der Waals surface area contributed by atoms with Crippen LogP contribution in [0.15, 0.2) is 133 Å². The molecule has 0 radical (unpaired) electrons. The second kappa shape index (κ2) is 10.8. The highest BCUT2D eigenvalue weighted by atomic mass is 15.0. The Morgan fingerprint density at radius 1 is 0.902 bits per heavy atom. The summed E-state index contributed by atoms with van der Waals surface area (Å²) in [4.78, 5) is 3.52. The minimum Gasteiger partial charge on any atom is -0.385 e. The first kappa shape index (κ1) is 25.4. The van der Waals surface area contributed by atoms with E-state index in [1.165, 1.54) is 39.4 Å². The number of hydrogen-bond acceptors (Lipinski definition) is 3. The average molecular weight is 537 g/mol. The van der Waals surface area contributed by atoms with Crippen LogP contribution in [0, 0.1) is 11.8 Å². The SMILES string of the molecule is C/C(=C\Cc1ccc2[nH]c3ccccc3c2c1)c1ccccc1N/C(N)=C1\C=CC=CC1NC1CC2C=CC=CC21. The lowest BCUT2D eigenvalue weighted by Gasteiger charge is -2.45. The molecular weight excluding hydrogens is 500 g/mol. The largest absolute Gasteiger partial charge is 0.385 e. The number of benzene rings is 3. The number of nitrogens with one attached hydrogen (secondary N) is 3. The fraction of sp³-hybridized carbons (Fsp3) is 0.189. The molecule has 204 valence electrons. The zero-order valence-electron chi connectivity index (χ0n) is 23.3. The van der Waals surface area contributed by atoms with Gasteiger partial charge in [-0.3, -0.25) is 0 Å². The lowest BCUT2D eigenvalue weighted by Crippen LogP contribution is -2.53. The topological polar surface area (TPSA) is 65.9 Å². The molecule has 3 aromatic carbocycles. The Morgan fingerprint density at radius 3 is 2.63 bits per heavy atom. The summed E-state index contributed by atoms with van der Waals surface area (Å²) in [5.41, 5.74) is 14.9. The van der Waals surface area contributed by atoms with E-state index in [2.05, 4.69) is 144 Å². The van der Waals surface area contributed by atoms with Crippen molar-refractivity contribution in [1.29, 1.82) is 0 Å². The quantitative estimate of drug-likeness (QED) is 0.195. The second-order valence-corrected chi connectivity index (χ2v) is 11.4. The van der Waals surface area contributed by atoms with Crippen molar-refractivity contribution in [2.24, 2.45) is 17.6 Å². The van der Waals surface area contributed by atoms with Crippen LogP contribution in [-0.2, 0) is 6.42 Å². The summed E-state index contributed by atoms with van der Waals surface area (Å²) >= 11 is 0. The van der Waals surface area contributed by atoms with Crippen molar-refractivity contribution >= 4 is 33.1 Å². The molecule has 0 spiro atoms. The van der Waals surface area contributed by atoms with E-state index in [0.29, 0.717) is 23.7 Å². The van der Waals surface area contributed by atoms with Crippen LogP contribution in [0.4, 0.5) is 5.69 Å². The van der Waals surface area contributed by atoms with Crippen molar-refractivity contribution in [3.63, 3.8) is 0 Å². The predicted octanol–water partition coefficient (Wildman–Crippen LogP) is 7.76. The third-order valence-corrected chi connectivity index (χ3v) is 8.85. The molecule has 0 aliphatic heterocycles. The summed E-state index contributed by atoms with van der Waals surface area (Å²) in [7, 11) is 0. The van der Waals surface area contributed by atoms with Gasteiger partial charge in [-0.2, -0.15) is 0 Å². The molecule has 4 nitrogen and oxygen atoms in total. The fourth-order valence-electron chi connectivity index (χ4n) is 6.50. The van der Waals surface area contributed by atoms with Crippen molar-refractivity contribution in [2.75, 3.05) is 5.32 Å². The molecule has 1 heterocycles. The molecule has 5 N–H and O–H groups in total. The van der Waals surface area contributed by atoms with E-state index in [-0.39, 0.29) is 6.04 Å². The highest BCUT2D eigenvalue weighted by Gasteiger charge is 2.39. The fourth-order valence-corrected chi connectivity index (χ4v) is 6.50. The molecule has 0 saturated heterocycles. The molecule has 4 unspecified atom stereocenters. The molecule has 4 atom stereocenters. The van der Waals surface area contributed by atoms with E-state index < -0.39 is 0 Å². The van der Waals surface area contributed by atoms with Crippen LogP contribution in [0.1, 0.15) is 24.5 Å². The summed E-state index contributed by atoms with van der Waals surface area (Å²) in [6.45, 7) is 2.18. The first-order valence-corrected chi connectivity index (χ1v) is 14.6. The molecule has 1 saturated carbocycles. The summed E-state index contributed by atoms with van der Waals surface area (Å²) in [5.74, 6) is 1.91. The Morgan fingerprint density at radius 2 is 1.71 bits per heavy atom. The Bertz CT molecular complexity index is 1790. The van der Waals surface area contributed by atoms with E-state index >= 15 is 0 Å². The van der Waals surface area contributed by atoms with Gasteiger partial charge in [0.05, 0.1) is 6.04 Å². The van der Waals surface area contributed by atoms with E-state index in [4.69, 9.17) is 5.73 Å². The van der Waals surface area contributed by atoms with Crippen LogP contribution in [0.5, 0.6) is 0 Å². The minimum absolute atomic E-state index is 0.0842. The first-order chi connectivity index (χ1) is 20.1. The van der Waals surface area contributed by atoms with Crippen molar-refractivity contribution in [3.8, 4) is 0 Å². The van der Waals surface area contributed by atoms with Crippen molar-refractivity contribution < 1.29 is 0 Å². The number of rotatable bonds is 7. The van der Waals surface area contributed by atoms with E-state index in [0.717, 1.165) is 23.2 Å². The van der Waals surface area contributed by atoms with Gasteiger partial charge in [0.2, 0.25) is 0 Å². The number of fused-ring (bicyclic) bond motifs is 4. The molecular formula is C37H36N4. The molecule has 4 heteroatoms. The predicted molar refractivity (Wildman–Crippen MR) is 173 cm³/mol. The maximum absolute atomic E-state index is 6.76. The van der Waals surface area contributed by atoms with Crippen LogP contribution in [0.25, 0.3) is 27.4 Å². The summed E-state index contributed by atoms with van der Waals surface area (Å²) in [5, 5.41) is 9.96. The zero-order chi connectivity index (χ0) is 27.8. The van der Waals surface area contributed by atoms with Gasteiger partial charge in [0.25, 0.3) is 0 Å². The molecule has 0 amide bonds. The standard InChI is InChI=1S/C37H36N4/c1-24(18-19-25-20-21-35-31(22-25)29-13-5-8-16-33(29)39-35)27-11-4-7-15-32(27)41-37(38)30-14-6-9-17-34(30)40-36-23-26-10-2-3-12-28(26)36/h2-18,20-22,26,28,34,36,39-41H,19,23,38H2,1H3/b24-18+,37-30+. The third-order valence-electron chi connectivity index (χ3n) is 8.85. The molecule has 3 aliphatic rings. The van der Waals surface area contributed by atoms with Crippen LogP contribution in [0.3, 0.4) is 0 Å². The van der Waals surface area contributed by atoms with Crippen LogP contribution in [-0.4, -0.2) is 17.1 Å². The van der Waals surface area contributed by atoms with Gasteiger partial charge in [0.15, 0.2) is 0 Å². The zero-order valence-corrected chi connectivity index (χ0v) is 23.3. The monoisotopic (exact) mass is 536 g/mol. The van der Waals surface area contributed by atoms with Gasteiger partial charge in [-0.05, 0) is 67.0 Å². The number of allylic oxidation sites excluding steroid dienone is 7. The number of H-pyrrole nitrogens is 1. The number of aromatic amines is 1.